The molecule has 0 aromatic heterocycles. The van der Waals surface area contributed by atoms with E-state index in [1.54, 1.807) is 0 Å². The molecule has 1 heterocycles. The van der Waals surface area contributed by atoms with Crippen LogP contribution in [0.5, 0.6) is 0 Å². The third kappa shape index (κ3) is 3.66. The minimum absolute atomic E-state index is 0.0393. The Labute approximate surface area is 178 Å². The number of nitrogens with zero attached hydrogens (tertiary/aromatic N) is 2. The first kappa shape index (κ1) is 20.0. The van der Waals surface area contributed by atoms with Crippen LogP contribution in [0.25, 0.3) is 0 Å². The molecular formula is C25H28N2OS. The van der Waals surface area contributed by atoms with Crippen LogP contribution in [0.1, 0.15) is 74.4 Å². The van der Waals surface area contributed by atoms with Crippen molar-refractivity contribution in [1.82, 2.24) is 4.90 Å². The van der Waals surface area contributed by atoms with Crippen LogP contribution >= 0.6 is 12.2 Å². The molecule has 1 saturated carbocycles. The van der Waals surface area contributed by atoms with Gasteiger partial charge in [0.15, 0.2) is 0 Å². The minimum Gasteiger partial charge on any atom is -0.271 e. The van der Waals surface area contributed by atoms with E-state index in [0.717, 1.165) is 37.0 Å². The van der Waals surface area contributed by atoms with Crippen molar-refractivity contribution in [1.29, 1.82) is 0 Å². The van der Waals surface area contributed by atoms with Crippen molar-refractivity contribution in [2.24, 2.45) is 4.99 Å². The highest BCUT2D eigenvalue weighted by Crippen LogP contribution is 2.41. The summed E-state index contributed by atoms with van der Waals surface area (Å²) in [5, 5.41) is 0. The zero-order valence-electron chi connectivity index (χ0n) is 17.4. The van der Waals surface area contributed by atoms with E-state index in [2.05, 4.69) is 45.0 Å². The lowest BCUT2D eigenvalue weighted by Crippen LogP contribution is -2.50. The van der Waals surface area contributed by atoms with Gasteiger partial charge >= 0.3 is 0 Å². The predicted molar refractivity (Wildman–Crippen MR) is 123 cm³/mol. The van der Waals surface area contributed by atoms with Crippen LogP contribution in [-0.2, 0) is 5.41 Å². The second-order valence-corrected chi connectivity index (χ2v) is 9.53. The van der Waals surface area contributed by atoms with Crippen LogP contribution in [-0.4, -0.2) is 27.2 Å². The van der Waals surface area contributed by atoms with Gasteiger partial charge in [-0.25, -0.2) is 0 Å². The van der Waals surface area contributed by atoms with Gasteiger partial charge in [0, 0.05) is 11.1 Å². The molecule has 0 N–H and O–H groups in total. The molecule has 29 heavy (non-hydrogen) atoms. The first-order valence-electron chi connectivity index (χ1n) is 10.5. The topological polar surface area (TPSA) is 32.7 Å². The fourth-order valence-electron chi connectivity index (χ4n) is 4.36. The van der Waals surface area contributed by atoms with Crippen molar-refractivity contribution in [3.63, 3.8) is 0 Å². The van der Waals surface area contributed by atoms with E-state index in [1.807, 2.05) is 35.2 Å². The van der Waals surface area contributed by atoms with Gasteiger partial charge in [-0.2, -0.15) is 0 Å². The molecule has 0 bridgehead atoms. The summed E-state index contributed by atoms with van der Waals surface area (Å²) < 4.78 is 0. The van der Waals surface area contributed by atoms with Crippen LogP contribution in [0.3, 0.4) is 0 Å². The summed E-state index contributed by atoms with van der Waals surface area (Å²) in [6.45, 7) is 6.62. The maximum atomic E-state index is 13.5. The number of benzene rings is 2. The molecule has 0 radical (unpaired) electrons. The molecule has 0 atom stereocenters. The number of hydrogen-bond acceptors (Lipinski definition) is 3. The normalized spacial score (nSPS) is 18.8. The van der Waals surface area contributed by atoms with Crippen molar-refractivity contribution >= 4 is 28.8 Å². The number of aliphatic imine (C=N–C) groups is 1. The lowest BCUT2D eigenvalue weighted by Gasteiger charge is -2.38. The summed E-state index contributed by atoms with van der Waals surface area (Å²) in [6.07, 6.45) is 5.07. The number of carbonyl (C=O) groups excluding carboxylic acids is 1. The molecule has 1 aliphatic carbocycles. The van der Waals surface area contributed by atoms with E-state index in [1.165, 1.54) is 12.0 Å². The van der Waals surface area contributed by atoms with Crippen molar-refractivity contribution in [2.75, 3.05) is 0 Å². The van der Waals surface area contributed by atoms with Crippen LogP contribution in [0.15, 0.2) is 59.6 Å². The van der Waals surface area contributed by atoms with E-state index in [-0.39, 0.29) is 11.3 Å². The third-order valence-electron chi connectivity index (χ3n) is 6.04. The molecular weight excluding hydrogens is 376 g/mol. The lowest BCUT2D eigenvalue weighted by atomic mass is 9.86. The summed E-state index contributed by atoms with van der Waals surface area (Å²) in [6, 6.07) is 17.9. The predicted octanol–water partition coefficient (Wildman–Crippen LogP) is 5.92. The van der Waals surface area contributed by atoms with Gasteiger partial charge in [0.1, 0.15) is 16.4 Å². The summed E-state index contributed by atoms with van der Waals surface area (Å²) in [4.78, 5) is 21.0. The summed E-state index contributed by atoms with van der Waals surface area (Å²) in [5.41, 5.74) is 3.29. The van der Waals surface area contributed by atoms with Crippen LogP contribution in [0.4, 0.5) is 0 Å². The zero-order chi connectivity index (χ0) is 20.6. The van der Waals surface area contributed by atoms with Gasteiger partial charge < -0.3 is 0 Å². The largest absolute Gasteiger partial charge is 0.271 e. The quantitative estimate of drug-likeness (QED) is 0.582. The van der Waals surface area contributed by atoms with E-state index < -0.39 is 5.66 Å². The Morgan fingerprint density at radius 1 is 0.966 bits per heavy atom. The monoisotopic (exact) mass is 404 g/mol. The molecule has 0 saturated heterocycles. The van der Waals surface area contributed by atoms with Gasteiger partial charge in [0.25, 0.3) is 5.91 Å². The average molecular weight is 405 g/mol. The summed E-state index contributed by atoms with van der Waals surface area (Å²) in [7, 11) is 0. The molecule has 150 valence electrons. The summed E-state index contributed by atoms with van der Waals surface area (Å²) >= 11 is 5.85. The van der Waals surface area contributed by atoms with E-state index >= 15 is 0 Å². The van der Waals surface area contributed by atoms with Gasteiger partial charge in [-0.1, -0.05) is 81.9 Å². The SMILES string of the molecule is CC(C)(C)c1ccc(C2=NC3(CCCCC3)N(C(=O)c3ccccc3)C2=S)cc1. The van der Waals surface area contributed by atoms with Gasteiger partial charge in [-0.15, -0.1) is 0 Å². The Bertz CT molecular complexity index is 949. The molecule has 3 nitrogen and oxygen atoms in total. The van der Waals surface area contributed by atoms with Crippen LogP contribution in [0.2, 0.25) is 0 Å². The van der Waals surface area contributed by atoms with E-state index in [9.17, 15) is 4.79 Å². The second-order valence-electron chi connectivity index (χ2n) is 9.14. The van der Waals surface area contributed by atoms with E-state index in [0.29, 0.717) is 10.6 Å². The van der Waals surface area contributed by atoms with Crippen molar-refractivity contribution < 1.29 is 4.79 Å². The Morgan fingerprint density at radius 2 is 1.59 bits per heavy atom. The fourth-order valence-corrected chi connectivity index (χ4v) is 4.78. The van der Waals surface area contributed by atoms with Gasteiger partial charge in [-0.3, -0.25) is 14.7 Å². The minimum atomic E-state index is -0.527. The molecule has 2 aromatic rings. The number of rotatable bonds is 2. The van der Waals surface area contributed by atoms with Crippen molar-refractivity contribution in [2.45, 2.75) is 64.0 Å². The molecule has 4 heteroatoms. The Balaban J connectivity index is 1.73. The molecule has 2 aliphatic rings. The molecule has 1 amide bonds. The second kappa shape index (κ2) is 7.49. The standard InChI is InChI=1S/C25H28N2OS/c1-24(2,3)20-14-12-18(13-15-20)21-23(29)27(22(28)19-10-6-4-7-11-19)25(26-21)16-8-5-9-17-25/h4,6-7,10-15H,5,8-9,16-17H2,1-3H3. The van der Waals surface area contributed by atoms with Gasteiger partial charge in [-0.05, 0) is 48.8 Å². The number of amides is 1. The highest BCUT2D eigenvalue weighted by atomic mass is 32.1. The number of thiocarbonyl (C=S) groups is 1. The molecule has 1 spiro atoms. The van der Waals surface area contributed by atoms with Crippen LogP contribution in [0, 0.1) is 0 Å². The number of hydrogen-bond donors (Lipinski definition) is 0. The Kier molecular flexibility index (Phi) is 5.16. The molecule has 1 fully saturated rings. The van der Waals surface area contributed by atoms with Crippen LogP contribution < -0.4 is 0 Å². The molecule has 1 aliphatic heterocycles. The Morgan fingerprint density at radius 3 is 2.17 bits per heavy atom. The first-order chi connectivity index (χ1) is 13.8. The van der Waals surface area contributed by atoms with Crippen molar-refractivity contribution in [3.8, 4) is 0 Å². The average Bonchev–Trinajstić information content (AvgIpc) is 2.99. The third-order valence-corrected chi connectivity index (χ3v) is 6.42. The molecule has 4 rings (SSSR count). The first-order valence-corrected chi connectivity index (χ1v) is 10.9. The molecule has 0 unspecified atom stereocenters. The maximum Gasteiger partial charge on any atom is 0.260 e. The van der Waals surface area contributed by atoms with Crippen molar-refractivity contribution in [3.05, 3.63) is 71.3 Å². The van der Waals surface area contributed by atoms with E-state index in [4.69, 9.17) is 17.2 Å². The highest BCUT2D eigenvalue weighted by Gasteiger charge is 2.48. The highest BCUT2D eigenvalue weighted by molar-refractivity contribution is 7.82. The fraction of sp³-hybridized carbons (Fsp3) is 0.400. The molecule has 2 aromatic carbocycles. The Hall–Kier alpha value is -2.33. The maximum absolute atomic E-state index is 13.5. The number of carbonyl (C=O) groups is 1. The van der Waals surface area contributed by atoms with Gasteiger partial charge in [0.05, 0.1) is 0 Å². The lowest BCUT2D eigenvalue weighted by molar-refractivity contribution is 0.0648. The smallest absolute Gasteiger partial charge is 0.260 e. The van der Waals surface area contributed by atoms with Gasteiger partial charge in [0.2, 0.25) is 0 Å². The zero-order valence-corrected chi connectivity index (χ0v) is 18.3. The summed E-state index contributed by atoms with van der Waals surface area (Å²) in [5.74, 6) is -0.0393.